The van der Waals surface area contributed by atoms with Gasteiger partial charge in [0.1, 0.15) is 0 Å². The van der Waals surface area contributed by atoms with Gasteiger partial charge in [-0.15, -0.1) is 0 Å². The van der Waals surface area contributed by atoms with Crippen molar-refractivity contribution >= 4 is 11.6 Å². The van der Waals surface area contributed by atoms with Gasteiger partial charge in [-0.3, -0.25) is 0 Å². The average Bonchev–Trinajstić information content (AvgIpc) is 1.99. The number of halogens is 2. The van der Waals surface area contributed by atoms with Crippen molar-refractivity contribution < 1.29 is 14.6 Å². The van der Waals surface area contributed by atoms with Gasteiger partial charge in [-0.1, -0.05) is 11.6 Å². The van der Waals surface area contributed by atoms with Crippen LogP contribution in [0, 0.1) is 5.82 Å². The van der Waals surface area contributed by atoms with Gasteiger partial charge in [0.25, 0.3) is 0 Å². The summed E-state index contributed by atoms with van der Waals surface area (Å²) in [5, 5.41) is 16.9. The van der Waals surface area contributed by atoms with Crippen LogP contribution < -0.4 is 0 Å². The second-order valence-electron chi connectivity index (χ2n) is 1.89. The molecule has 0 radical (unpaired) electrons. The molecule has 1 heterocycles. The molecule has 5 heteroatoms. The van der Waals surface area contributed by atoms with E-state index in [2.05, 4.69) is 4.98 Å². The molecule has 1 aromatic rings. The summed E-state index contributed by atoms with van der Waals surface area (Å²) >= 11 is 5.29. The van der Waals surface area contributed by atoms with Crippen molar-refractivity contribution in [2.45, 2.75) is 6.61 Å². The van der Waals surface area contributed by atoms with Crippen molar-refractivity contribution in [3.63, 3.8) is 0 Å². The zero-order chi connectivity index (χ0) is 8.43. The van der Waals surface area contributed by atoms with Gasteiger partial charge in [-0.25, -0.2) is 9.37 Å². The van der Waals surface area contributed by atoms with Crippen LogP contribution in [0.2, 0.25) is 5.15 Å². The second kappa shape index (κ2) is 3.02. The summed E-state index contributed by atoms with van der Waals surface area (Å²) in [4.78, 5) is 3.48. The van der Waals surface area contributed by atoms with E-state index in [1.807, 2.05) is 0 Å². The number of aromatic nitrogens is 1. The molecule has 11 heavy (non-hydrogen) atoms. The third kappa shape index (κ3) is 1.58. The highest BCUT2D eigenvalue weighted by Crippen LogP contribution is 2.24. The maximum atomic E-state index is 12.5. The van der Waals surface area contributed by atoms with E-state index in [-0.39, 0.29) is 10.8 Å². The first-order chi connectivity index (χ1) is 5.15. The van der Waals surface area contributed by atoms with Gasteiger partial charge in [0.15, 0.2) is 16.7 Å². The third-order valence-electron chi connectivity index (χ3n) is 1.12. The van der Waals surface area contributed by atoms with Crippen LogP contribution in [0.4, 0.5) is 4.39 Å². The maximum Gasteiger partial charge on any atom is 0.189 e. The third-order valence-corrected chi connectivity index (χ3v) is 1.38. The summed E-state index contributed by atoms with van der Waals surface area (Å²) in [6.45, 7) is -0.406. The van der Waals surface area contributed by atoms with Crippen LogP contribution in [0.1, 0.15) is 5.69 Å². The fourth-order valence-corrected chi connectivity index (χ4v) is 0.804. The van der Waals surface area contributed by atoms with Crippen molar-refractivity contribution in [3.05, 3.63) is 22.7 Å². The van der Waals surface area contributed by atoms with E-state index in [0.29, 0.717) is 0 Å². The Kier molecular flexibility index (Phi) is 2.26. The summed E-state index contributed by atoms with van der Waals surface area (Å²) < 4.78 is 12.5. The van der Waals surface area contributed by atoms with Crippen LogP contribution in [0.5, 0.6) is 5.75 Å². The Morgan fingerprint density at radius 3 is 2.73 bits per heavy atom. The molecule has 1 rings (SSSR count). The lowest BCUT2D eigenvalue weighted by Crippen LogP contribution is -1.91. The van der Waals surface area contributed by atoms with Crippen LogP contribution in [-0.2, 0) is 6.61 Å². The molecule has 0 aliphatic rings. The molecular weight excluding hydrogens is 173 g/mol. The summed E-state index contributed by atoms with van der Waals surface area (Å²) in [5.74, 6) is -1.57. The summed E-state index contributed by atoms with van der Waals surface area (Å²) in [6, 6.07) is 0.918. The van der Waals surface area contributed by atoms with E-state index in [1.165, 1.54) is 0 Å². The lowest BCUT2D eigenvalue weighted by Gasteiger charge is -1.99. The molecule has 0 aromatic carbocycles. The zero-order valence-corrected chi connectivity index (χ0v) is 6.14. The van der Waals surface area contributed by atoms with Crippen LogP contribution >= 0.6 is 11.6 Å². The quantitative estimate of drug-likeness (QED) is 0.631. The molecule has 0 amide bonds. The first-order valence-electron chi connectivity index (χ1n) is 2.80. The SMILES string of the molecule is OCc1cc(F)c(O)c(Cl)n1. The summed E-state index contributed by atoms with van der Waals surface area (Å²) in [6.07, 6.45) is 0. The molecule has 0 atom stereocenters. The highest BCUT2D eigenvalue weighted by atomic mass is 35.5. The number of rotatable bonds is 1. The van der Waals surface area contributed by atoms with E-state index in [1.54, 1.807) is 0 Å². The number of aromatic hydroxyl groups is 1. The van der Waals surface area contributed by atoms with Gasteiger partial charge in [0.2, 0.25) is 0 Å². The standard InChI is InChI=1S/C6H5ClFNO2/c7-6-5(11)4(8)1-3(2-10)9-6/h1,10-11H,2H2. The molecule has 0 unspecified atom stereocenters. The molecule has 3 nitrogen and oxygen atoms in total. The lowest BCUT2D eigenvalue weighted by molar-refractivity contribution is 0.275. The number of pyridine rings is 1. The van der Waals surface area contributed by atoms with Crippen molar-refractivity contribution in [1.82, 2.24) is 4.98 Å². The zero-order valence-electron chi connectivity index (χ0n) is 5.38. The molecule has 0 aliphatic carbocycles. The molecule has 0 spiro atoms. The van der Waals surface area contributed by atoms with Gasteiger partial charge in [-0.05, 0) is 0 Å². The minimum atomic E-state index is -0.881. The van der Waals surface area contributed by atoms with Gasteiger partial charge >= 0.3 is 0 Å². The lowest BCUT2D eigenvalue weighted by atomic mass is 10.3. The Bertz CT molecular complexity index is 256. The first kappa shape index (κ1) is 8.23. The molecule has 1 aromatic heterocycles. The minimum absolute atomic E-state index is 0.0882. The highest BCUT2D eigenvalue weighted by Gasteiger charge is 2.08. The van der Waals surface area contributed by atoms with Gasteiger partial charge in [0.05, 0.1) is 12.3 Å². The van der Waals surface area contributed by atoms with Gasteiger partial charge < -0.3 is 10.2 Å². The number of hydrogen-bond donors (Lipinski definition) is 2. The predicted molar refractivity (Wildman–Crippen MR) is 36.8 cm³/mol. The molecule has 0 fully saturated rings. The molecule has 0 saturated heterocycles. The topological polar surface area (TPSA) is 53.4 Å². The molecule has 0 bridgehead atoms. The van der Waals surface area contributed by atoms with E-state index in [9.17, 15) is 4.39 Å². The summed E-state index contributed by atoms with van der Waals surface area (Å²) in [7, 11) is 0. The van der Waals surface area contributed by atoms with Gasteiger partial charge in [-0.2, -0.15) is 0 Å². The average molecular weight is 178 g/mol. The van der Waals surface area contributed by atoms with E-state index in [4.69, 9.17) is 21.8 Å². The second-order valence-corrected chi connectivity index (χ2v) is 2.25. The molecule has 60 valence electrons. The van der Waals surface area contributed by atoms with Crippen LogP contribution in [0.15, 0.2) is 6.07 Å². The Hall–Kier alpha value is -0.870. The first-order valence-corrected chi connectivity index (χ1v) is 3.17. The van der Waals surface area contributed by atoms with E-state index >= 15 is 0 Å². The Labute approximate surface area is 67.1 Å². The van der Waals surface area contributed by atoms with Crippen molar-refractivity contribution in [1.29, 1.82) is 0 Å². The van der Waals surface area contributed by atoms with Crippen molar-refractivity contribution in [3.8, 4) is 5.75 Å². The Morgan fingerprint density at radius 1 is 1.64 bits per heavy atom. The summed E-state index contributed by atoms with van der Waals surface area (Å²) in [5.41, 5.74) is 0.0882. The van der Waals surface area contributed by atoms with E-state index in [0.717, 1.165) is 6.07 Å². The fourth-order valence-electron chi connectivity index (χ4n) is 0.605. The van der Waals surface area contributed by atoms with Crippen LogP contribution in [0.3, 0.4) is 0 Å². The Morgan fingerprint density at radius 2 is 2.27 bits per heavy atom. The Balaban J connectivity index is 3.21. The predicted octanol–water partition coefficient (Wildman–Crippen LogP) is 1.07. The van der Waals surface area contributed by atoms with Crippen molar-refractivity contribution in [2.75, 3.05) is 0 Å². The van der Waals surface area contributed by atoms with Gasteiger partial charge in [0, 0.05) is 6.07 Å². The van der Waals surface area contributed by atoms with Crippen molar-refractivity contribution in [2.24, 2.45) is 0 Å². The van der Waals surface area contributed by atoms with E-state index < -0.39 is 18.2 Å². The monoisotopic (exact) mass is 177 g/mol. The maximum absolute atomic E-state index is 12.5. The smallest absolute Gasteiger partial charge is 0.189 e. The molecular formula is C6H5ClFNO2. The minimum Gasteiger partial charge on any atom is -0.503 e. The number of hydrogen-bond acceptors (Lipinski definition) is 3. The number of nitrogens with zero attached hydrogens (tertiary/aromatic N) is 1. The molecule has 2 N–H and O–H groups in total. The highest BCUT2D eigenvalue weighted by molar-refractivity contribution is 6.30. The fraction of sp³-hybridized carbons (Fsp3) is 0.167. The molecule has 0 aliphatic heterocycles. The number of aliphatic hydroxyl groups is 1. The van der Waals surface area contributed by atoms with Crippen LogP contribution in [-0.4, -0.2) is 15.2 Å². The van der Waals surface area contributed by atoms with Crippen LogP contribution in [0.25, 0.3) is 0 Å². The molecule has 0 saturated carbocycles. The number of aliphatic hydroxyl groups excluding tert-OH is 1. The normalized spacial score (nSPS) is 10.1. The largest absolute Gasteiger partial charge is 0.503 e.